The third-order valence-corrected chi connectivity index (χ3v) is 3.13. The van der Waals surface area contributed by atoms with Crippen LogP contribution in [-0.4, -0.2) is 23.1 Å². The monoisotopic (exact) mass is 285 g/mol. The normalized spacial score (nSPS) is 12.1. The Labute approximate surface area is 126 Å². The van der Waals surface area contributed by atoms with Crippen LogP contribution >= 0.6 is 0 Å². The number of rotatable bonds is 8. The van der Waals surface area contributed by atoms with Crippen molar-refractivity contribution in [2.45, 2.75) is 32.7 Å². The van der Waals surface area contributed by atoms with Crippen molar-refractivity contribution < 1.29 is 4.74 Å². The summed E-state index contributed by atoms with van der Waals surface area (Å²) in [5, 5.41) is 3.50. The molecule has 0 aliphatic rings. The minimum atomic E-state index is 0.0198. The summed E-state index contributed by atoms with van der Waals surface area (Å²) in [6.07, 6.45) is 5.64. The van der Waals surface area contributed by atoms with E-state index in [-0.39, 0.29) is 6.04 Å². The molecule has 112 valence electrons. The smallest absolute Gasteiger partial charge is 0.149 e. The zero-order valence-electron chi connectivity index (χ0n) is 12.7. The summed E-state index contributed by atoms with van der Waals surface area (Å²) in [4.78, 5) is 8.75. The molecule has 0 fully saturated rings. The van der Waals surface area contributed by atoms with Crippen LogP contribution in [0.25, 0.3) is 0 Å². The van der Waals surface area contributed by atoms with E-state index in [0.717, 1.165) is 43.1 Å². The summed E-state index contributed by atoms with van der Waals surface area (Å²) in [5.41, 5.74) is 1.15. The van der Waals surface area contributed by atoms with Crippen LogP contribution < -0.4 is 10.1 Å². The maximum absolute atomic E-state index is 5.63. The molecule has 4 heteroatoms. The highest BCUT2D eigenvalue weighted by atomic mass is 16.5. The van der Waals surface area contributed by atoms with Gasteiger partial charge in [0.05, 0.1) is 12.6 Å². The van der Waals surface area contributed by atoms with Crippen molar-refractivity contribution in [2.75, 3.05) is 13.2 Å². The van der Waals surface area contributed by atoms with E-state index in [1.54, 1.807) is 12.4 Å². The molecule has 1 heterocycles. The van der Waals surface area contributed by atoms with Crippen LogP contribution in [0.5, 0.6) is 5.75 Å². The van der Waals surface area contributed by atoms with Crippen LogP contribution in [-0.2, 0) is 0 Å². The van der Waals surface area contributed by atoms with Crippen LogP contribution in [0.3, 0.4) is 0 Å². The molecule has 1 unspecified atom stereocenters. The molecule has 21 heavy (non-hydrogen) atoms. The average Bonchev–Trinajstić information content (AvgIpc) is 2.55. The molecule has 4 nitrogen and oxygen atoms in total. The van der Waals surface area contributed by atoms with Gasteiger partial charge in [-0.25, -0.2) is 9.97 Å². The second-order valence-corrected chi connectivity index (χ2v) is 4.91. The minimum Gasteiger partial charge on any atom is -0.494 e. The van der Waals surface area contributed by atoms with Gasteiger partial charge in [-0.15, -0.1) is 0 Å². The van der Waals surface area contributed by atoms with E-state index in [2.05, 4.69) is 41.3 Å². The lowest BCUT2D eigenvalue weighted by Gasteiger charge is -2.18. The molecule has 0 aliphatic carbocycles. The summed E-state index contributed by atoms with van der Waals surface area (Å²) in [7, 11) is 0. The molecule has 0 saturated heterocycles. The third kappa shape index (κ3) is 4.53. The molecule has 0 saturated carbocycles. The van der Waals surface area contributed by atoms with Crippen LogP contribution in [0.1, 0.15) is 44.1 Å². The predicted molar refractivity (Wildman–Crippen MR) is 84.4 cm³/mol. The lowest BCUT2D eigenvalue weighted by molar-refractivity contribution is 0.317. The first kappa shape index (κ1) is 15.4. The van der Waals surface area contributed by atoms with Gasteiger partial charge in [-0.05, 0) is 43.1 Å². The van der Waals surface area contributed by atoms with Gasteiger partial charge in [-0.3, -0.25) is 0 Å². The number of hydrogen-bond donors (Lipinski definition) is 1. The van der Waals surface area contributed by atoms with Crippen molar-refractivity contribution in [2.24, 2.45) is 0 Å². The van der Waals surface area contributed by atoms with Crippen LogP contribution in [0.4, 0.5) is 0 Å². The van der Waals surface area contributed by atoms with E-state index >= 15 is 0 Å². The Hall–Kier alpha value is -1.94. The van der Waals surface area contributed by atoms with Gasteiger partial charge in [-0.1, -0.05) is 26.0 Å². The van der Waals surface area contributed by atoms with Crippen LogP contribution in [0, 0.1) is 0 Å². The second kappa shape index (κ2) is 8.37. The number of ether oxygens (including phenoxy) is 1. The molecule has 1 N–H and O–H groups in total. The van der Waals surface area contributed by atoms with E-state index in [0.29, 0.717) is 0 Å². The van der Waals surface area contributed by atoms with Crippen molar-refractivity contribution in [3.05, 3.63) is 54.1 Å². The molecular formula is C17H23N3O. The van der Waals surface area contributed by atoms with E-state index in [4.69, 9.17) is 4.74 Å². The standard InChI is InChI=1S/C17H23N3O/c1-3-10-18-16(17-19-11-5-12-20-17)14-6-8-15(9-7-14)21-13-4-2/h5-9,11-12,16,18H,3-4,10,13H2,1-2H3. The topological polar surface area (TPSA) is 47.0 Å². The Morgan fingerprint density at radius 1 is 1.05 bits per heavy atom. The molecule has 0 radical (unpaired) electrons. The summed E-state index contributed by atoms with van der Waals surface area (Å²) < 4.78 is 5.63. The van der Waals surface area contributed by atoms with E-state index in [9.17, 15) is 0 Å². The van der Waals surface area contributed by atoms with E-state index in [1.165, 1.54) is 0 Å². The zero-order chi connectivity index (χ0) is 14.9. The van der Waals surface area contributed by atoms with Crippen LogP contribution in [0.2, 0.25) is 0 Å². The summed E-state index contributed by atoms with van der Waals surface area (Å²) >= 11 is 0. The minimum absolute atomic E-state index is 0.0198. The highest BCUT2D eigenvalue weighted by Gasteiger charge is 2.15. The molecule has 0 aliphatic heterocycles. The molecule has 2 rings (SSSR count). The first-order chi connectivity index (χ1) is 10.3. The molecule has 1 aromatic heterocycles. The predicted octanol–water partition coefficient (Wildman–Crippen LogP) is 3.35. The van der Waals surface area contributed by atoms with Crippen molar-refractivity contribution in [1.29, 1.82) is 0 Å². The molecule has 0 bridgehead atoms. The fourth-order valence-electron chi connectivity index (χ4n) is 2.08. The maximum Gasteiger partial charge on any atom is 0.149 e. The Morgan fingerprint density at radius 3 is 2.38 bits per heavy atom. The van der Waals surface area contributed by atoms with Crippen LogP contribution in [0.15, 0.2) is 42.7 Å². The number of nitrogens with zero attached hydrogens (tertiary/aromatic N) is 2. The first-order valence-electron chi connectivity index (χ1n) is 7.58. The highest BCUT2D eigenvalue weighted by Crippen LogP contribution is 2.21. The zero-order valence-corrected chi connectivity index (χ0v) is 12.7. The van der Waals surface area contributed by atoms with Gasteiger partial charge in [0, 0.05) is 12.4 Å². The van der Waals surface area contributed by atoms with Crippen molar-refractivity contribution in [3.63, 3.8) is 0 Å². The van der Waals surface area contributed by atoms with Gasteiger partial charge in [0.25, 0.3) is 0 Å². The highest BCUT2D eigenvalue weighted by molar-refractivity contribution is 5.31. The number of benzene rings is 1. The Bertz CT molecular complexity index is 513. The van der Waals surface area contributed by atoms with Gasteiger partial charge in [0.1, 0.15) is 11.6 Å². The third-order valence-electron chi connectivity index (χ3n) is 3.13. The van der Waals surface area contributed by atoms with Gasteiger partial charge in [-0.2, -0.15) is 0 Å². The Morgan fingerprint density at radius 2 is 1.76 bits per heavy atom. The molecule has 1 aromatic carbocycles. The quantitative estimate of drug-likeness (QED) is 0.808. The number of aromatic nitrogens is 2. The Balaban J connectivity index is 2.16. The van der Waals surface area contributed by atoms with Crippen molar-refractivity contribution in [1.82, 2.24) is 15.3 Å². The van der Waals surface area contributed by atoms with E-state index < -0.39 is 0 Å². The molecule has 1 atom stereocenters. The van der Waals surface area contributed by atoms with Gasteiger partial charge in [0.15, 0.2) is 0 Å². The summed E-state index contributed by atoms with van der Waals surface area (Å²) in [6, 6.07) is 10.0. The second-order valence-electron chi connectivity index (χ2n) is 4.91. The average molecular weight is 285 g/mol. The lowest BCUT2D eigenvalue weighted by atomic mass is 10.1. The molecule has 2 aromatic rings. The summed E-state index contributed by atoms with van der Waals surface area (Å²) in [5.74, 6) is 1.71. The Kier molecular flexibility index (Phi) is 6.16. The van der Waals surface area contributed by atoms with Crippen molar-refractivity contribution >= 4 is 0 Å². The van der Waals surface area contributed by atoms with Gasteiger partial charge >= 0.3 is 0 Å². The largest absolute Gasteiger partial charge is 0.494 e. The summed E-state index contributed by atoms with van der Waals surface area (Å²) in [6.45, 7) is 5.93. The lowest BCUT2D eigenvalue weighted by Crippen LogP contribution is -2.24. The first-order valence-corrected chi connectivity index (χ1v) is 7.58. The van der Waals surface area contributed by atoms with Crippen molar-refractivity contribution in [3.8, 4) is 5.75 Å². The fraction of sp³-hybridized carbons (Fsp3) is 0.412. The van der Waals surface area contributed by atoms with E-state index in [1.807, 2.05) is 18.2 Å². The fourth-order valence-corrected chi connectivity index (χ4v) is 2.08. The molecule has 0 amide bonds. The molecular weight excluding hydrogens is 262 g/mol. The molecule has 0 spiro atoms. The van der Waals surface area contributed by atoms with Gasteiger partial charge < -0.3 is 10.1 Å². The number of nitrogens with one attached hydrogen (secondary N) is 1. The maximum atomic E-state index is 5.63. The number of hydrogen-bond acceptors (Lipinski definition) is 4. The SMILES string of the molecule is CCCNC(c1ccc(OCCC)cc1)c1ncccn1. The van der Waals surface area contributed by atoms with Gasteiger partial charge in [0.2, 0.25) is 0 Å².